The number of anilines is 2. The third-order valence-electron chi connectivity index (χ3n) is 3.28. The van der Waals surface area contributed by atoms with Gasteiger partial charge in [-0.05, 0) is 55.1 Å². The number of aryl methyl sites for hydroxylation is 1. The number of rotatable bonds is 3. The van der Waals surface area contributed by atoms with Gasteiger partial charge in [0.25, 0.3) is 11.1 Å². The zero-order valence-corrected chi connectivity index (χ0v) is 13.3. The van der Waals surface area contributed by atoms with E-state index in [4.69, 9.17) is 11.6 Å². The van der Waals surface area contributed by atoms with Gasteiger partial charge in [-0.2, -0.15) is 0 Å². The first-order valence-corrected chi connectivity index (χ1v) is 7.94. The van der Waals surface area contributed by atoms with Crippen LogP contribution in [-0.2, 0) is 4.79 Å². The van der Waals surface area contributed by atoms with E-state index in [0.717, 1.165) is 23.0 Å². The third-order valence-corrected chi connectivity index (χ3v) is 4.47. The van der Waals surface area contributed by atoms with E-state index in [9.17, 15) is 9.59 Å². The highest BCUT2D eigenvalue weighted by Crippen LogP contribution is 2.32. The molecule has 112 valence electrons. The van der Waals surface area contributed by atoms with E-state index < -0.39 is 5.37 Å². The van der Waals surface area contributed by atoms with Crippen molar-refractivity contribution in [1.82, 2.24) is 0 Å². The van der Waals surface area contributed by atoms with Crippen LogP contribution >= 0.6 is 23.4 Å². The minimum atomic E-state index is -0.630. The summed E-state index contributed by atoms with van der Waals surface area (Å²) < 4.78 is 0. The lowest BCUT2D eigenvalue weighted by atomic mass is 10.2. The smallest absolute Gasteiger partial charge is 0.295 e. The molecule has 1 atom stereocenters. The molecular weight excluding hydrogens is 320 g/mol. The van der Waals surface area contributed by atoms with Crippen LogP contribution in [0.5, 0.6) is 0 Å². The van der Waals surface area contributed by atoms with E-state index in [-0.39, 0.29) is 11.1 Å². The first-order chi connectivity index (χ1) is 10.5. The van der Waals surface area contributed by atoms with E-state index >= 15 is 0 Å². The van der Waals surface area contributed by atoms with Gasteiger partial charge in [-0.3, -0.25) is 9.59 Å². The normalized spacial score (nSPS) is 17.9. The van der Waals surface area contributed by atoms with E-state index in [1.807, 2.05) is 19.1 Å². The Labute approximate surface area is 137 Å². The molecule has 0 radical (unpaired) electrons. The Kier molecular flexibility index (Phi) is 4.09. The number of benzene rings is 2. The molecule has 4 nitrogen and oxygen atoms in total. The molecule has 1 aliphatic heterocycles. The largest absolute Gasteiger partial charge is 0.365 e. The van der Waals surface area contributed by atoms with Crippen molar-refractivity contribution in [2.75, 3.05) is 10.2 Å². The van der Waals surface area contributed by atoms with Gasteiger partial charge < -0.3 is 5.32 Å². The Bertz CT molecular complexity index is 716. The predicted octanol–water partition coefficient (Wildman–Crippen LogP) is 4.29. The molecule has 2 aromatic carbocycles. The highest BCUT2D eigenvalue weighted by molar-refractivity contribution is 8.16. The van der Waals surface area contributed by atoms with Crippen molar-refractivity contribution in [3.05, 3.63) is 59.1 Å². The van der Waals surface area contributed by atoms with Crippen LogP contribution in [0.4, 0.5) is 16.2 Å². The van der Waals surface area contributed by atoms with Gasteiger partial charge in [-0.25, -0.2) is 4.90 Å². The van der Waals surface area contributed by atoms with Gasteiger partial charge in [0.2, 0.25) is 0 Å². The number of nitrogens with zero attached hydrogens (tertiary/aromatic N) is 1. The first-order valence-electron chi connectivity index (χ1n) is 6.68. The van der Waals surface area contributed by atoms with Crippen molar-refractivity contribution in [2.24, 2.45) is 0 Å². The van der Waals surface area contributed by atoms with E-state index in [1.54, 1.807) is 36.4 Å². The number of carbonyl (C=O) groups excluding carboxylic acids is 2. The maximum Gasteiger partial charge on any atom is 0.295 e. The fraction of sp³-hybridized carbons (Fsp3) is 0.125. The summed E-state index contributed by atoms with van der Waals surface area (Å²) in [7, 11) is 0. The minimum absolute atomic E-state index is 0.270. The lowest BCUT2D eigenvalue weighted by molar-refractivity contribution is -0.116. The fourth-order valence-electron chi connectivity index (χ4n) is 2.13. The predicted molar refractivity (Wildman–Crippen MR) is 90.5 cm³/mol. The monoisotopic (exact) mass is 332 g/mol. The molecule has 0 unspecified atom stereocenters. The molecule has 1 heterocycles. The molecule has 22 heavy (non-hydrogen) atoms. The number of hydrogen-bond acceptors (Lipinski definition) is 4. The van der Waals surface area contributed by atoms with Gasteiger partial charge in [0.1, 0.15) is 0 Å². The summed E-state index contributed by atoms with van der Waals surface area (Å²) in [6.45, 7) is 1.96. The van der Waals surface area contributed by atoms with Crippen molar-refractivity contribution < 1.29 is 9.59 Å². The molecule has 2 amide bonds. The summed E-state index contributed by atoms with van der Waals surface area (Å²) in [5, 5.41) is 2.76. The van der Waals surface area contributed by atoms with Gasteiger partial charge in [0.05, 0.1) is 5.69 Å². The minimum Gasteiger partial charge on any atom is -0.365 e. The number of carbonyl (C=O) groups is 2. The van der Waals surface area contributed by atoms with Crippen LogP contribution in [0, 0.1) is 6.92 Å². The molecule has 1 N–H and O–H groups in total. The molecule has 1 fully saturated rings. The molecule has 1 aliphatic rings. The second-order valence-corrected chi connectivity index (χ2v) is 6.42. The van der Waals surface area contributed by atoms with Crippen LogP contribution in [0.25, 0.3) is 0 Å². The quantitative estimate of drug-likeness (QED) is 0.911. The molecule has 0 spiro atoms. The highest BCUT2D eigenvalue weighted by Gasteiger charge is 2.40. The van der Waals surface area contributed by atoms with Crippen molar-refractivity contribution in [1.29, 1.82) is 0 Å². The average Bonchev–Trinajstić information content (AvgIpc) is 2.77. The zero-order chi connectivity index (χ0) is 15.7. The summed E-state index contributed by atoms with van der Waals surface area (Å²) in [5.74, 6) is -0.270. The Morgan fingerprint density at radius 1 is 1.05 bits per heavy atom. The van der Waals surface area contributed by atoms with Gasteiger partial charge in [0.15, 0.2) is 5.37 Å². The van der Waals surface area contributed by atoms with Crippen LogP contribution in [-0.4, -0.2) is 16.5 Å². The number of halogens is 1. The number of imide groups is 1. The average molecular weight is 333 g/mol. The number of nitrogens with one attached hydrogen (secondary N) is 1. The second kappa shape index (κ2) is 6.02. The van der Waals surface area contributed by atoms with Gasteiger partial charge in [-0.15, -0.1) is 0 Å². The van der Waals surface area contributed by atoms with Crippen molar-refractivity contribution in [3.8, 4) is 0 Å². The standard InChI is InChI=1S/C16H13ClN2O2S/c1-10-2-8-13(9-3-10)19-15(20)14(22-16(19)21)18-12-6-4-11(17)5-7-12/h2-9,14,18H,1H3/t14-/m1/s1. The van der Waals surface area contributed by atoms with E-state index in [0.29, 0.717) is 10.7 Å². The van der Waals surface area contributed by atoms with E-state index in [1.165, 1.54) is 4.90 Å². The highest BCUT2D eigenvalue weighted by atomic mass is 35.5. The molecule has 0 aliphatic carbocycles. The van der Waals surface area contributed by atoms with E-state index in [2.05, 4.69) is 5.32 Å². The molecule has 0 saturated carbocycles. The Balaban J connectivity index is 1.79. The second-order valence-electron chi connectivity index (χ2n) is 4.92. The molecule has 6 heteroatoms. The van der Waals surface area contributed by atoms with Crippen LogP contribution in [0.1, 0.15) is 5.56 Å². The molecule has 3 rings (SSSR count). The van der Waals surface area contributed by atoms with Crippen molar-refractivity contribution >= 4 is 45.9 Å². The summed E-state index contributed by atoms with van der Waals surface area (Å²) >= 11 is 6.81. The lowest BCUT2D eigenvalue weighted by Crippen LogP contribution is -2.34. The van der Waals surface area contributed by atoms with Crippen LogP contribution in [0.2, 0.25) is 5.02 Å². The van der Waals surface area contributed by atoms with Crippen LogP contribution < -0.4 is 10.2 Å². The topological polar surface area (TPSA) is 49.4 Å². The zero-order valence-electron chi connectivity index (χ0n) is 11.7. The first kappa shape index (κ1) is 14.9. The van der Waals surface area contributed by atoms with Gasteiger partial charge >= 0.3 is 0 Å². The SMILES string of the molecule is Cc1ccc(N2C(=O)S[C@@H](Nc3ccc(Cl)cc3)C2=O)cc1. The van der Waals surface area contributed by atoms with Crippen LogP contribution in [0.3, 0.4) is 0 Å². The molecule has 0 bridgehead atoms. The van der Waals surface area contributed by atoms with Crippen molar-refractivity contribution in [2.45, 2.75) is 12.3 Å². The maximum atomic E-state index is 12.5. The lowest BCUT2D eigenvalue weighted by Gasteiger charge is -2.15. The summed E-state index contributed by atoms with van der Waals surface area (Å²) in [6.07, 6.45) is 0. The molecule has 2 aromatic rings. The van der Waals surface area contributed by atoms with Gasteiger partial charge in [-0.1, -0.05) is 29.3 Å². The van der Waals surface area contributed by atoms with Crippen molar-refractivity contribution in [3.63, 3.8) is 0 Å². The Morgan fingerprint density at radius 3 is 2.32 bits per heavy atom. The summed E-state index contributed by atoms with van der Waals surface area (Å²) in [4.78, 5) is 25.8. The van der Waals surface area contributed by atoms with Gasteiger partial charge in [0, 0.05) is 10.7 Å². The molecule has 1 saturated heterocycles. The number of thioether (sulfide) groups is 1. The molecule has 0 aromatic heterocycles. The Hall–Kier alpha value is -1.98. The number of amides is 2. The molecular formula is C16H13ClN2O2S. The van der Waals surface area contributed by atoms with Crippen LogP contribution in [0.15, 0.2) is 48.5 Å². The third kappa shape index (κ3) is 2.96. The number of hydrogen-bond donors (Lipinski definition) is 1. The summed E-state index contributed by atoms with van der Waals surface area (Å²) in [5.41, 5.74) is 2.41. The fourth-order valence-corrected chi connectivity index (χ4v) is 3.16. The maximum absolute atomic E-state index is 12.5. The Morgan fingerprint density at radius 2 is 1.68 bits per heavy atom. The summed E-state index contributed by atoms with van der Waals surface area (Å²) in [6, 6.07) is 14.3.